The summed E-state index contributed by atoms with van der Waals surface area (Å²) in [7, 11) is 1.61. The van der Waals surface area contributed by atoms with Gasteiger partial charge in [0.05, 0.1) is 18.5 Å². The molecule has 29 heavy (non-hydrogen) atoms. The van der Waals surface area contributed by atoms with Crippen molar-refractivity contribution in [2.24, 2.45) is 5.92 Å². The number of nitrogens with one attached hydrogen (secondary N) is 3. The number of nitrogens with zero attached hydrogens (tertiary/aromatic N) is 2. The Labute approximate surface area is 172 Å². The van der Waals surface area contributed by atoms with Gasteiger partial charge in [-0.05, 0) is 41.6 Å². The summed E-state index contributed by atoms with van der Waals surface area (Å²) in [6, 6.07) is 10.3. The number of benzene rings is 1. The zero-order chi connectivity index (χ0) is 20.8. The van der Waals surface area contributed by atoms with Crippen molar-refractivity contribution < 1.29 is 14.3 Å². The first-order chi connectivity index (χ1) is 14.0. The molecule has 0 aliphatic heterocycles. The van der Waals surface area contributed by atoms with Crippen LogP contribution in [0.1, 0.15) is 29.3 Å². The van der Waals surface area contributed by atoms with Crippen LogP contribution in [0.3, 0.4) is 0 Å². The summed E-state index contributed by atoms with van der Waals surface area (Å²) in [6.07, 6.45) is 0. The van der Waals surface area contributed by atoms with Crippen LogP contribution in [0, 0.1) is 5.92 Å². The average Bonchev–Trinajstić information content (AvgIpc) is 3.42. The Hall–Kier alpha value is -3.20. The van der Waals surface area contributed by atoms with E-state index in [1.807, 2.05) is 43.5 Å². The van der Waals surface area contributed by atoms with Crippen LogP contribution in [-0.4, -0.2) is 40.1 Å². The van der Waals surface area contributed by atoms with Crippen molar-refractivity contribution in [1.29, 1.82) is 0 Å². The first-order valence-electron chi connectivity index (χ1n) is 9.15. The molecule has 1 aromatic carbocycles. The van der Waals surface area contributed by atoms with Crippen molar-refractivity contribution in [3.63, 3.8) is 0 Å². The molecule has 0 saturated heterocycles. The van der Waals surface area contributed by atoms with E-state index in [1.54, 1.807) is 19.2 Å². The number of hydrogen-bond acceptors (Lipinski definition) is 6. The lowest BCUT2D eigenvalue weighted by Crippen LogP contribution is -2.49. The lowest BCUT2D eigenvalue weighted by atomic mass is 10.0. The van der Waals surface area contributed by atoms with Crippen LogP contribution in [0.2, 0.25) is 0 Å². The zero-order valence-corrected chi connectivity index (χ0v) is 17.2. The fourth-order valence-electron chi connectivity index (χ4n) is 2.68. The molecular formula is C20H23N5O3S. The number of hydrogen-bond donors (Lipinski definition) is 3. The molecule has 3 N–H and O–H groups in total. The van der Waals surface area contributed by atoms with Gasteiger partial charge >= 0.3 is 0 Å². The Morgan fingerprint density at radius 1 is 1.21 bits per heavy atom. The maximum Gasteiger partial charge on any atom is 0.262 e. The Morgan fingerprint density at radius 2 is 1.97 bits per heavy atom. The van der Waals surface area contributed by atoms with Gasteiger partial charge in [0.15, 0.2) is 5.82 Å². The van der Waals surface area contributed by atoms with Crippen LogP contribution in [0.15, 0.2) is 41.8 Å². The van der Waals surface area contributed by atoms with E-state index in [1.165, 1.54) is 11.3 Å². The number of carbonyl (C=O) groups excluding carboxylic acids is 2. The lowest BCUT2D eigenvalue weighted by molar-refractivity contribution is -0.124. The van der Waals surface area contributed by atoms with E-state index in [0.717, 1.165) is 11.3 Å². The third-order valence-corrected chi connectivity index (χ3v) is 5.16. The quantitative estimate of drug-likeness (QED) is 0.526. The number of rotatable bonds is 8. The second kappa shape index (κ2) is 9.33. The van der Waals surface area contributed by atoms with E-state index in [-0.39, 0.29) is 24.3 Å². The van der Waals surface area contributed by atoms with Gasteiger partial charge in [-0.2, -0.15) is 5.10 Å². The highest BCUT2D eigenvalue weighted by molar-refractivity contribution is 7.12. The third-order valence-electron chi connectivity index (χ3n) is 4.29. The van der Waals surface area contributed by atoms with Gasteiger partial charge in [0, 0.05) is 5.56 Å². The summed E-state index contributed by atoms with van der Waals surface area (Å²) < 4.78 is 5.14. The van der Waals surface area contributed by atoms with E-state index in [0.29, 0.717) is 16.5 Å². The molecule has 152 valence electrons. The van der Waals surface area contributed by atoms with Crippen molar-refractivity contribution in [3.05, 3.63) is 52.5 Å². The van der Waals surface area contributed by atoms with Crippen LogP contribution in [0.4, 0.5) is 0 Å². The van der Waals surface area contributed by atoms with Crippen LogP contribution < -0.4 is 15.4 Å². The molecule has 0 spiro atoms. The molecule has 8 nitrogen and oxygen atoms in total. The predicted molar refractivity (Wildman–Crippen MR) is 111 cm³/mol. The van der Waals surface area contributed by atoms with Gasteiger partial charge in [0.2, 0.25) is 5.91 Å². The Kier molecular flexibility index (Phi) is 6.61. The van der Waals surface area contributed by atoms with Crippen molar-refractivity contribution in [1.82, 2.24) is 25.8 Å². The fourth-order valence-corrected chi connectivity index (χ4v) is 3.31. The van der Waals surface area contributed by atoms with E-state index in [4.69, 9.17) is 4.74 Å². The highest BCUT2D eigenvalue weighted by atomic mass is 32.1. The monoisotopic (exact) mass is 413 g/mol. The first-order valence-corrected chi connectivity index (χ1v) is 10.0. The number of aromatic amines is 1. The average molecular weight is 414 g/mol. The minimum Gasteiger partial charge on any atom is -0.497 e. The van der Waals surface area contributed by atoms with E-state index in [2.05, 4.69) is 25.8 Å². The van der Waals surface area contributed by atoms with Crippen molar-refractivity contribution >= 4 is 23.2 Å². The molecule has 9 heteroatoms. The number of ether oxygens (including phenoxy) is 1. The Morgan fingerprint density at radius 3 is 2.59 bits per heavy atom. The molecule has 0 aliphatic rings. The second-order valence-corrected chi connectivity index (χ2v) is 7.67. The standard InChI is InChI=1S/C20H23N5O3S/c1-12(2)17(23-19(26)15-5-4-10-29-15)20(27)21-11-16-22-18(25-24-16)13-6-8-14(28-3)9-7-13/h4-10,12,17H,11H2,1-3H3,(H,21,27)(H,23,26)(H,22,24,25). The number of methoxy groups -OCH3 is 1. The number of aromatic nitrogens is 3. The third kappa shape index (κ3) is 5.20. The molecular weight excluding hydrogens is 390 g/mol. The van der Waals surface area contributed by atoms with Gasteiger partial charge < -0.3 is 15.4 Å². The SMILES string of the molecule is COc1ccc(-c2n[nH]c(CNC(=O)C(NC(=O)c3cccs3)C(C)C)n2)cc1. The van der Waals surface area contributed by atoms with Gasteiger partial charge in [-0.15, -0.1) is 11.3 Å². The van der Waals surface area contributed by atoms with Crippen molar-refractivity contribution in [3.8, 4) is 17.1 Å². The molecule has 1 atom stereocenters. The summed E-state index contributed by atoms with van der Waals surface area (Å²) in [5, 5.41) is 14.4. The minimum absolute atomic E-state index is 0.0662. The largest absolute Gasteiger partial charge is 0.497 e. The molecule has 2 amide bonds. The van der Waals surface area contributed by atoms with Gasteiger partial charge in [0.25, 0.3) is 5.91 Å². The topological polar surface area (TPSA) is 109 Å². The van der Waals surface area contributed by atoms with Gasteiger partial charge in [-0.25, -0.2) is 4.98 Å². The molecule has 0 aliphatic carbocycles. The smallest absolute Gasteiger partial charge is 0.262 e. The minimum atomic E-state index is -0.645. The maximum absolute atomic E-state index is 12.6. The normalized spacial score (nSPS) is 11.9. The lowest BCUT2D eigenvalue weighted by Gasteiger charge is -2.21. The van der Waals surface area contributed by atoms with Crippen LogP contribution in [0.5, 0.6) is 5.75 Å². The summed E-state index contributed by atoms with van der Waals surface area (Å²) in [6.45, 7) is 3.95. The van der Waals surface area contributed by atoms with Gasteiger partial charge in [0.1, 0.15) is 17.6 Å². The predicted octanol–water partition coefficient (Wildman–Crippen LogP) is 2.61. The Bertz CT molecular complexity index is 951. The first kappa shape index (κ1) is 20.5. The van der Waals surface area contributed by atoms with Crippen LogP contribution >= 0.6 is 11.3 Å². The molecule has 0 bridgehead atoms. The Balaban J connectivity index is 1.59. The van der Waals surface area contributed by atoms with E-state index in [9.17, 15) is 9.59 Å². The highest BCUT2D eigenvalue weighted by Crippen LogP contribution is 2.19. The van der Waals surface area contributed by atoms with Crippen molar-refractivity contribution in [2.45, 2.75) is 26.4 Å². The molecule has 2 aromatic heterocycles. The maximum atomic E-state index is 12.6. The summed E-state index contributed by atoms with van der Waals surface area (Å²) in [4.78, 5) is 29.9. The second-order valence-electron chi connectivity index (χ2n) is 6.72. The molecule has 1 unspecified atom stereocenters. The van der Waals surface area contributed by atoms with Crippen LogP contribution in [0.25, 0.3) is 11.4 Å². The molecule has 3 rings (SSSR count). The van der Waals surface area contributed by atoms with E-state index < -0.39 is 6.04 Å². The highest BCUT2D eigenvalue weighted by Gasteiger charge is 2.25. The van der Waals surface area contributed by atoms with Crippen LogP contribution in [-0.2, 0) is 11.3 Å². The summed E-state index contributed by atoms with van der Waals surface area (Å²) in [5.41, 5.74) is 0.836. The number of carbonyl (C=O) groups is 2. The molecule has 2 heterocycles. The van der Waals surface area contributed by atoms with Crippen molar-refractivity contribution in [2.75, 3.05) is 7.11 Å². The molecule has 0 saturated carbocycles. The van der Waals surface area contributed by atoms with Gasteiger partial charge in [-0.1, -0.05) is 19.9 Å². The van der Waals surface area contributed by atoms with Gasteiger partial charge in [-0.3, -0.25) is 14.7 Å². The number of H-pyrrole nitrogens is 1. The number of thiophene rings is 1. The molecule has 0 radical (unpaired) electrons. The fraction of sp³-hybridized carbons (Fsp3) is 0.300. The van der Waals surface area contributed by atoms with E-state index >= 15 is 0 Å². The summed E-state index contributed by atoms with van der Waals surface area (Å²) >= 11 is 1.33. The molecule has 0 fully saturated rings. The molecule has 3 aromatic rings. The zero-order valence-electron chi connectivity index (χ0n) is 16.4. The number of amides is 2. The summed E-state index contributed by atoms with van der Waals surface area (Å²) in [5.74, 6) is 1.21.